The molecular formula is C13H15N3O2. The number of rotatable bonds is 2. The fraction of sp³-hybridized carbons (Fsp3) is 0.385. The molecule has 2 N–H and O–H groups in total. The van der Waals surface area contributed by atoms with Crippen LogP contribution in [0, 0.1) is 0 Å². The van der Waals surface area contributed by atoms with E-state index in [9.17, 15) is 0 Å². The molecule has 94 valence electrons. The van der Waals surface area contributed by atoms with Crippen LogP contribution >= 0.6 is 0 Å². The molecule has 18 heavy (non-hydrogen) atoms. The predicted octanol–water partition coefficient (Wildman–Crippen LogP) is 2.21. The summed E-state index contributed by atoms with van der Waals surface area (Å²) in [6.45, 7) is 1.50. The molecule has 1 saturated heterocycles. The van der Waals surface area contributed by atoms with Crippen LogP contribution < -0.4 is 5.73 Å². The van der Waals surface area contributed by atoms with E-state index in [0.29, 0.717) is 12.4 Å². The number of pyridine rings is 1. The molecule has 1 unspecified atom stereocenters. The van der Waals surface area contributed by atoms with Gasteiger partial charge >= 0.3 is 0 Å². The molecule has 2 aromatic rings. The molecule has 0 aliphatic carbocycles. The van der Waals surface area contributed by atoms with E-state index in [1.807, 2.05) is 12.1 Å². The van der Waals surface area contributed by atoms with Crippen LogP contribution in [0.15, 0.2) is 29.0 Å². The zero-order valence-corrected chi connectivity index (χ0v) is 10.0. The van der Waals surface area contributed by atoms with E-state index < -0.39 is 0 Å². The quantitative estimate of drug-likeness (QED) is 0.878. The molecular weight excluding hydrogens is 230 g/mol. The molecule has 0 bridgehead atoms. The number of hydrogen-bond donors (Lipinski definition) is 1. The Morgan fingerprint density at radius 1 is 1.28 bits per heavy atom. The number of ether oxygens (including phenoxy) is 1. The van der Waals surface area contributed by atoms with E-state index in [-0.39, 0.29) is 5.92 Å². The summed E-state index contributed by atoms with van der Waals surface area (Å²) < 4.78 is 10.9. The van der Waals surface area contributed by atoms with Crippen molar-refractivity contribution in [2.24, 2.45) is 0 Å². The van der Waals surface area contributed by atoms with Crippen LogP contribution in [0.5, 0.6) is 0 Å². The fourth-order valence-corrected chi connectivity index (χ4v) is 2.35. The first-order chi connectivity index (χ1) is 8.86. The highest BCUT2D eigenvalue weighted by Gasteiger charge is 2.26. The van der Waals surface area contributed by atoms with Gasteiger partial charge in [-0.15, -0.1) is 0 Å². The van der Waals surface area contributed by atoms with Crippen molar-refractivity contribution in [3.63, 3.8) is 0 Å². The van der Waals surface area contributed by atoms with Crippen molar-refractivity contribution in [1.82, 2.24) is 10.1 Å². The van der Waals surface area contributed by atoms with Crippen molar-refractivity contribution in [3.8, 4) is 11.1 Å². The van der Waals surface area contributed by atoms with Gasteiger partial charge in [-0.2, -0.15) is 0 Å². The first-order valence-electron chi connectivity index (χ1n) is 6.09. The predicted molar refractivity (Wildman–Crippen MR) is 66.9 cm³/mol. The van der Waals surface area contributed by atoms with Crippen LogP contribution in [0.25, 0.3) is 11.1 Å². The Bertz CT molecular complexity index is 518. The van der Waals surface area contributed by atoms with E-state index in [4.69, 9.17) is 15.0 Å². The van der Waals surface area contributed by atoms with Crippen molar-refractivity contribution < 1.29 is 9.26 Å². The zero-order chi connectivity index (χ0) is 12.4. The molecule has 1 fully saturated rings. The maximum Gasteiger partial charge on any atom is 0.175 e. The van der Waals surface area contributed by atoms with Crippen LogP contribution in [0.4, 0.5) is 5.82 Å². The summed E-state index contributed by atoms with van der Waals surface area (Å²) in [7, 11) is 0. The fourth-order valence-electron chi connectivity index (χ4n) is 2.35. The third-order valence-electron chi connectivity index (χ3n) is 3.24. The molecule has 0 aromatic carbocycles. The molecule has 5 nitrogen and oxygen atoms in total. The van der Waals surface area contributed by atoms with Gasteiger partial charge in [-0.3, -0.25) is 4.98 Å². The first kappa shape index (κ1) is 11.2. The van der Waals surface area contributed by atoms with Gasteiger partial charge in [0.25, 0.3) is 0 Å². The maximum absolute atomic E-state index is 5.91. The first-order valence-corrected chi connectivity index (χ1v) is 6.09. The normalized spacial score (nSPS) is 19.9. The van der Waals surface area contributed by atoms with Crippen molar-refractivity contribution >= 4 is 5.82 Å². The molecule has 1 atom stereocenters. The van der Waals surface area contributed by atoms with Crippen molar-refractivity contribution in [2.45, 2.75) is 18.8 Å². The largest absolute Gasteiger partial charge is 0.381 e. The van der Waals surface area contributed by atoms with Gasteiger partial charge < -0.3 is 15.0 Å². The maximum atomic E-state index is 5.91. The van der Waals surface area contributed by atoms with Crippen LogP contribution in [-0.2, 0) is 4.74 Å². The van der Waals surface area contributed by atoms with Gasteiger partial charge in [0.2, 0.25) is 0 Å². The lowest BCUT2D eigenvalue weighted by Gasteiger charge is -2.20. The molecule has 3 rings (SSSR count). The standard InChI is InChI=1S/C13H15N3O2/c14-13-11(9-3-5-15-6-4-9)12(18-16-13)10-2-1-7-17-8-10/h3-6,10H,1-2,7-8H2,(H2,14,16). The van der Waals surface area contributed by atoms with Crippen molar-refractivity contribution in [2.75, 3.05) is 18.9 Å². The van der Waals surface area contributed by atoms with Crippen molar-refractivity contribution in [3.05, 3.63) is 30.3 Å². The Hall–Kier alpha value is -1.88. The van der Waals surface area contributed by atoms with Crippen LogP contribution in [0.2, 0.25) is 0 Å². The SMILES string of the molecule is Nc1noc(C2CCCOC2)c1-c1ccncc1. The van der Waals surface area contributed by atoms with Gasteiger partial charge in [0, 0.05) is 24.9 Å². The van der Waals surface area contributed by atoms with Gasteiger partial charge in [0.1, 0.15) is 0 Å². The molecule has 0 spiro atoms. The number of nitrogens with zero attached hydrogens (tertiary/aromatic N) is 2. The van der Waals surface area contributed by atoms with E-state index in [1.165, 1.54) is 0 Å². The van der Waals surface area contributed by atoms with E-state index in [1.54, 1.807) is 12.4 Å². The molecule has 5 heteroatoms. The summed E-state index contributed by atoms with van der Waals surface area (Å²) >= 11 is 0. The Labute approximate surface area is 105 Å². The average molecular weight is 245 g/mol. The lowest BCUT2D eigenvalue weighted by Crippen LogP contribution is -2.15. The molecule has 1 aliphatic heterocycles. The summed E-state index contributed by atoms with van der Waals surface area (Å²) in [5, 5.41) is 3.89. The highest BCUT2D eigenvalue weighted by molar-refractivity contribution is 5.75. The third-order valence-corrected chi connectivity index (χ3v) is 3.24. The molecule has 2 aromatic heterocycles. The van der Waals surface area contributed by atoms with Crippen molar-refractivity contribution in [1.29, 1.82) is 0 Å². The molecule has 0 amide bonds. The number of nitrogen functional groups attached to an aromatic ring is 1. The van der Waals surface area contributed by atoms with E-state index in [2.05, 4.69) is 10.1 Å². The number of hydrogen-bond acceptors (Lipinski definition) is 5. The zero-order valence-electron chi connectivity index (χ0n) is 10.0. The summed E-state index contributed by atoms with van der Waals surface area (Å²) in [6.07, 6.45) is 5.57. The highest BCUT2D eigenvalue weighted by atomic mass is 16.5. The number of anilines is 1. The second kappa shape index (κ2) is 4.78. The third kappa shape index (κ3) is 1.97. The van der Waals surface area contributed by atoms with Gasteiger partial charge in [-0.25, -0.2) is 0 Å². The second-order valence-electron chi connectivity index (χ2n) is 4.46. The molecule has 1 aliphatic rings. The van der Waals surface area contributed by atoms with Crippen LogP contribution in [0.3, 0.4) is 0 Å². The lowest BCUT2D eigenvalue weighted by atomic mass is 9.94. The molecule has 3 heterocycles. The van der Waals surface area contributed by atoms with Gasteiger partial charge in [0.05, 0.1) is 12.2 Å². The van der Waals surface area contributed by atoms with E-state index in [0.717, 1.165) is 36.3 Å². The lowest BCUT2D eigenvalue weighted by molar-refractivity contribution is 0.0723. The number of aromatic nitrogens is 2. The Morgan fingerprint density at radius 2 is 2.11 bits per heavy atom. The van der Waals surface area contributed by atoms with Crippen LogP contribution in [-0.4, -0.2) is 23.4 Å². The summed E-state index contributed by atoms with van der Waals surface area (Å²) in [5.41, 5.74) is 7.79. The summed E-state index contributed by atoms with van der Waals surface area (Å²) in [5.74, 6) is 1.51. The Balaban J connectivity index is 2.01. The second-order valence-corrected chi connectivity index (χ2v) is 4.46. The van der Waals surface area contributed by atoms with Crippen LogP contribution in [0.1, 0.15) is 24.5 Å². The minimum Gasteiger partial charge on any atom is -0.381 e. The highest BCUT2D eigenvalue weighted by Crippen LogP contribution is 2.37. The monoisotopic (exact) mass is 245 g/mol. The van der Waals surface area contributed by atoms with Gasteiger partial charge in [-0.05, 0) is 30.5 Å². The molecule has 0 saturated carbocycles. The Morgan fingerprint density at radius 3 is 2.83 bits per heavy atom. The minimum atomic E-state index is 0.242. The minimum absolute atomic E-state index is 0.242. The summed E-state index contributed by atoms with van der Waals surface area (Å²) in [6, 6.07) is 3.83. The Kier molecular flexibility index (Phi) is 2.98. The number of nitrogens with two attached hydrogens (primary N) is 1. The van der Waals surface area contributed by atoms with Gasteiger partial charge in [-0.1, -0.05) is 5.16 Å². The topological polar surface area (TPSA) is 74.2 Å². The van der Waals surface area contributed by atoms with Gasteiger partial charge in [0.15, 0.2) is 11.6 Å². The molecule has 0 radical (unpaired) electrons. The smallest absolute Gasteiger partial charge is 0.175 e. The van der Waals surface area contributed by atoms with E-state index >= 15 is 0 Å². The average Bonchev–Trinajstić information content (AvgIpc) is 2.83. The summed E-state index contributed by atoms with van der Waals surface area (Å²) in [4.78, 5) is 4.01.